The monoisotopic (exact) mass is 340 g/mol. The molecule has 1 amide bonds. The summed E-state index contributed by atoms with van der Waals surface area (Å²) >= 11 is 3.29. The van der Waals surface area contributed by atoms with Crippen LogP contribution < -0.4 is 0 Å². The van der Waals surface area contributed by atoms with Crippen LogP contribution >= 0.6 is 15.9 Å². The Morgan fingerprint density at radius 3 is 2.55 bits per heavy atom. The number of carboxylic acid groups (broad SMARTS) is 1. The number of amides is 1. The summed E-state index contributed by atoms with van der Waals surface area (Å²) < 4.78 is 0.577. The molecule has 0 atom stereocenters. The van der Waals surface area contributed by atoms with E-state index in [0.29, 0.717) is 22.9 Å². The standard InChI is InChI=1S/C14H17BrN2O3/c1-17(12(18)10-5-8-16-9-11(10)15)14(13(19)20)6-3-2-4-7-14/h5,8-9H,2-4,6-7H2,1H3,(H,19,20). The van der Waals surface area contributed by atoms with Crippen molar-refractivity contribution in [2.45, 2.75) is 37.6 Å². The number of aromatic nitrogens is 1. The van der Waals surface area contributed by atoms with E-state index in [1.54, 1.807) is 13.1 Å². The zero-order valence-corrected chi connectivity index (χ0v) is 12.9. The largest absolute Gasteiger partial charge is 0.479 e. The molecule has 0 unspecified atom stereocenters. The van der Waals surface area contributed by atoms with Crippen LogP contribution in [0.15, 0.2) is 22.9 Å². The molecule has 1 heterocycles. The van der Waals surface area contributed by atoms with E-state index < -0.39 is 11.5 Å². The van der Waals surface area contributed by atoms with Crippen LogP contribution in [0, 0.1) is 0 Å². The highest BCUT2D eigenvalue weighted by atomic mass is 79.9. The van der Waals surface area contributed by atoms with Gasteiger partial charge in [-0.3, -0.25) is 9.78 Å². The number of aliphatic carboxylic acids is 1. The molecule has 0 bridgehead atoms. The first-order chi connectivity index (χ1) is 9.49. The van der Waals surface area contributed by atoms with Crippen LogP contribution in [0.2, 0.25) is 0 Å². The molecule has 0 radical (unpaired) electrons. The number of rotatable bonds is 3. The summed E-state index contributed by atoms with van der Waals surface area (Å²) in [4.78, 5) is 29.6. The van der Waals surface area contributed by atoms with Gasteiger partial charge in [-0.15, -0.1) is 0 Å². The molecule has 1 aliphatic rings. The van der Waals surface area contributed by atoms with Crippen LogP contribution in [0.1, 0.15) is 42.5 Å². The summed E-state index contributed by atoms with van der Waals surface area (Å²) in [5.74, 6) is -1.21. The van der Waals surface area contributed by atoms with Gasteiger partial charge in [-0.2, -0.15) is 0 Å². The zero-order valence-electron chi connectivity index (χ0n) is 11.3. The van der Waals surface area contributed by atoms with Gasteiger partial charge in [0.15, 0.2) is 0 Å². The molecule has 6 heteroatoms. The number of nitrogens with zero attached hydrogens (tertiary/aromatic N) is 2. The molecule has 1 aromatic rings. The van der Waals surface area contributed by atoms with Gasteiger partial charge >= 0.3 is 5.97 Å². The quantitative estimate of drug-likeness (QED) is 0.918. The van der Waals surface area contributed by atoms with Crippen molar-refractivity contribution in [1.29, 1.82) is 0 Å². The van der Waals surface area contributed by atoms with Gasteiger partial charge < -0.3 is 10.0 Å². The Morgan fingerprint density at radius 1 is 1.35 bits per heavy atom. The van der Waals surface area contributed by atoms with Crippen molar-refractivity contribution >= 4 is 27.8 Å². The highest BCUT2D eigenvalue weighted by Crippen LogP contribution is 2.34. The van der Waals surface area contributed by atoms with E-state index >= 15 is 0 Å². The lowest BCUT2D eigenvalue weighted by Crippen LogP contribution is -2.56. The van der Waals surface area contributed by atoms with E-state index in [0.717, 1.165) is 19.3 Å². The summed E-state index contributed by atoms with van der Waals surface area (Å²) in [5, 5.41) is 9.61. The number of hydrogen-bond acceptors (Lipinski definition) is 3. The Hall–Kier alpha value is -1.43. The second-order valence-electron chi connectivity index (χ2n) is 5.12. The van der Waals surface area contributed by atoms with Gasteiger partial charge in [-0.25, -0.2) is 4.79 Å². The molecule has 1 aliphatic carbocycles. The molecule has 0 spiro atoms. The first-order valence-electron chi connectivity index (χ1n) is 6.60. The van der Waals surface area contributed by atoms with Crippen molar-refractivity contribution in [3.05, 3.63) is 28.5 Å². The van der Waals surface area contributed by atoms with Crippen LogP contribution in [0.4, 0.5) is 0 Å². The van der Waals surface area contributed by atoms with Crippen LogP contribution in [0.5, 0.6) is 0 Å². The van der Waals surface area contributed by atoms with Gasteiger partial charge in [-0.1, -0.05) is 19.3 Å². The number of likely N-dealkylation sites (N-methyl/N-ethyl adjacent to an activating group) is 1. The maximum atomic E-state index is 12.6. The molecule has 1 saturated carbocycles. The third-order valence-corrected chi connectivity index (χ3v) is 4.66. The van der Waals surface area contributed by atoms with E-state index in [2.05, 4.69) is 20.9 Å². The lowest BCUT2D eigenvalue weighted by Gasteiger charge is -2.41. The fourth-order valence-electron chi connectivity index (χ4n) is 2.75. The average molecular weight is 341 g/mol. The second kappa shape index (κ2) is 5.91. The summed E-state index contributed by atoms with van der Waals surface area (Å²) in [6, 6.07) is 1.60. The van der Waals surface area contributed by atoms with E-state index in [4.69, 9.17) is 0 Å². The molecular formula is C14H17BrN2O3. The van der Waals surface area contributed by atoms with Crippen molar-refractivity contribution in [3.8, 4) is 0 Å². The third-order valence-electron chi connectivity index (χ3n) is 4.03. The van der Waals surface area contributed by atoms with E-state index in [1.807, 2.05) is 0 Å². The molecule has 1 aromatic heterocycles. The molecule has 0 aromatic carbocycles. The lowest BCUT2D eigenvalue weighted by atomic mass is 9.80. The maximum absolute atomic E-state index is 12.6. The SMILES string of the molecule is CN(C(=O)c1ccncc1Br)C1(C(=O)O)CCCCC1. The second-order valence-corrected chi connectivity index (χ2v) is 5.97. The van der Waals surface area contributed by atoms with Gasteiger partial charge in [0.2, 0.25) is 0 Å². The van der Waals surface area contributed by atoms with Crippen LogP contribution in [-0.2, 0) is 4.79 Å². The van der Waals surface area contributed by atoms with E-state index in [1.165, 1.54) is 17.3 Å². The number of carbonyl (C=O) groups excluding carboxylic acids is 1. The minimum atomic E-state index is -1.09. The fraction of sp³-hybridized carbons (Fsp3) is 0.500. The number of carbonyl (C=O) groups is 2. The minimum absolute atomic E-state index is 0.288. The molecule has 1 fully saturated rings. The molecule has 0 aliphatic heterocycles. The molecule has 0 saturated heterocycles. The fourth-order valence-corrected chi connectivity index (χ4v) is 3.17. The first-order valence-corrected chi connectivity index (χ1v) is 7.39. The minimum Gasteiger partial charge on any atom is -0.479 e. The number of carboxylic acids is 1. The predicted octanol–water partition coefficient (Wildman–Crippen LogP) is 2.70. The molecular weight excluding hydrogens is 324 g/mol. The maximum Gasteiger partial charge on any atom is 0.329 e. The van der Waals surface area contributed by atoms with Gasteiger partial charge in [0.1, 0.15) is 5.54 Å². The van der Waals surface area contributed by atoms with Gasteiger partial charge in [0, 0.05) is 23.9 Å². The number of pyridine rings is 1. The Bertz CT molecular complexity index is 527. The van der Waals surface area contributed by atoms with Crippen molar-refractivity contribution < 1.29 is 14.7 Å². The Morgan fingerprint density at radius 2 is 2.00 bits per heavy atom. The molecule has 20 heavy (non-hydrogen) atoms. The van der Waals surface area contributed by atoms with E-state index in [9.17, 15) is 14.7 Å². The van der Waals surface area contributed by atoms with Crippen molar-refractivity contribution in [3.63, 3.8) is 0 Å². The van der Waals surface area contributed by atoms with Crippen LogP contribution in [0.3, 0.4) is 0 Å². The Labute approximate surface area is 126 Å². The summed E-state index contributed by atoms with van der Waals surface area (Å²) in [7, 11) is 1.58. The van der Waals surface area contributed by atoms with Gasteiger partial charge in [-0.05, 0) is 34.8 Å². The molecule has 2 rings (SSSR count). The third kappa shape index (κ3) is 2.57. The van der Waals surface area contributed by atoms with Gasteiger partial charge in [0.05, 0.1) is 5.56 Å². The average Bonchev–Trinajstić information content (AvgIpc) is 2.47. The van der Waals surface area contributed by atoms with Crippen LogP contribution in [-0.4, -0.2) is 39.5 Å². The Kier molecular flexibility index (Phi) is 4.42. The summed E-state index contributed by atoms with van der Waals surface area (Å²) in [6.45, 7) is 0. The van der Waals surface area contributed by atoms with Gasteiger partial charge in [0.25, 0.3) is 5.91 Å². The lowest BCUT2D eigenvalue weighted by molar-refractivity contribution is -0.151. The smallest absolute Gasteiger partial charge is 0.329 e. The van der Waals surface area contributed by atoms with Crippen molar-refractivity contribution in [1.82, 2.24) is 9.88 Å². The zero-order chi connectivity index (χ0) is 14.8. The topological polar surface area (TPSA) is 70.5 Å². The predicted molar refractivity (Wildman–Crippen MR) is 77.5 cm³/mol. The van der Waals surface area contributed by atoms with Crippen LogP contribution in [0.25, 0.3) is 0 Å². The molecule has 5 nitrogen and oxygen atoms in total. The highest BCUT2D eigenvalue weighted by Gasteiger charge is 2.45. The van der Waals surface area contributed by atoms with Crippen molar-refractivity contribution in [2.75, 3.05) is 7.05 Å². The van der Waals surface area contributed by atoms with E-state index in [-0.39, 0.29) is 5.91 Å². The van der Waals surface area contributed by atoms with Crippen molar-refractivity contribution in [2.24, 2.45) is 0 Å². The molecule has 108 valence electrons. The molecule has 1 N–H and O–H groups in total. The summed E-state index contributed by atoms with van der Waals surface area (Å²) in [6.07, 6.45) is 6.77. The first kappa shape index (κ1) is 15.0. The highest BCUT2D eigenvalue weighted by molar-refractivity contribution is 9.10. The Balaban J connectivity index is 2.33. The normalized spacial score (nSPS) is 17.5. The number of hydrogen-bond donors (Lipinski definition) is 1. The number of halogens is 1. The summed E-state index contributed by atoms with van der Waals surface area (Å²) in [5.41, 5.74) is -0.647.